The molecule has 104 valence electrons. The lowest BCUT2D eigenvalue weighted by molar-refractivity contribution is -0.149. The highest BCUT2D eigenvalue weighted by Gasteiger charge is 2.32. The number of nitrogens with zero attached hydrogens (tertiary/aromatic N) is 1. The maximum atomic E-state index is 12.2. The number of rotatable bonds is 4. The number of ether oxygens (including phenoxy) is 1. The van der Waals surface area contributed by atoms with Crippen molar-refractivity contribution in [3.8, 4) is 0 Å². The van der Waals surface area contributed by atoms with Crippen molar-refractivity contribution in [2.45, 2.75) is 32.6 Å². The van der Waals surface area contributed by atoms with Gasteiger partial charge in [-0.3, -0.25) is 9.59 Å². The first-order chi connectivity index (χ1) is 9.11. The van der Waals surface area contributed by atoms with Gasteiger partial charge < -0.3 is 4.74 Å². The summed E-state index contributed by atoms with van der Waals surface area (Å²) in [5.41, 5.74) is 0. The first-order valence-electron chi connectivity index (χ1n) is 6.44. The topological polar surface area (TPSA) is 56.3 Å². The summed E-state index contributed by atoms with van der Waals surface area (Å²) in [6.45, 7) is 2.23. The van der Waals surface area contributed by atoms with E-state index in [1.807, 2.05) is 6.92 Å². The number of hydrogen-bond acceptors (Lipinski definition) is 5. The predicted octanol–water partition coefficient (Wildman–Crippen LogP) is 3.46. The van der Waals surface area contributed by atoms with Gasteiger partial charge in [-0.05, 0) is 48.5 Å². The van der Waals surface area contributed by atoms with Crippen LogP contribution in [0.2, 0.25) is 0 Å². The number of thiazole rings is 1. The Hall–Kier alpha value is -0.750. The van der Waals surface area contributed by atoms with Gasteiger partial charge in [0.25, 0.3) is 0 Å². The minimum Gasteiger partial charge on any atom is -0.466 e. The quantitative estimate of drug-likeness (QED) is 0.619. The van der Waals surface area contributed by atoms with Gasteiger partial charge in [0.1, 0.15) is 0 Å². The monoisotopic (exact) mass is 345 g/mol. The molecule has 1 aromatic heterocycles. The molecule has 0 unspecified atom stereocenters. The number of ketones is 1. The summed E-state index contributed by atoms with van der Waals surface area (Å²) in [4.78, 5) is 28.0. The second-order valence-corrected chi connectivity index (χ2v) is 7.04. The molecule has 19 heavy (non-hydrogen) atoms. The second kappa shape index (κ2) is 6.61. The molecule has 1 aliphatic carbocycles. The van der Waals surface area contributed by atoms with E-state index < -0.39 is 0 Å². The lowest BCUT2D eigenvalue weighted by Crippen LogP contribution is -2.27. The highest BCUT2D eigenvalue weighted by atomic mass is 79.9. The molecule has 4 nitrogen and oxygen atoms in total. The Balaban J connectivity index is 1.89. The van der Waals surface area contributed by atoms with E-state index in [-0.39, 0.29) is 23.6 Å². The van der Waals surface area contributed by atoms with Crippen LogP contribution in [0.1, 0.15) is 42.4 Å². The lowest BCUT2D eigenvalue weighted by atomic mass is 9.80. The van der Waals surface area contributed by atoms with Gasteiger partial charge in [0, 0.05) is 5.92 Å². The van der Waals surface area contributed by atoms with Gasteiger partial charge in [-0.25, -0.2) is 4.98 Å². The van der Waals surface area contributed by atoms with Gasteiger partial charge in [0.15, 0.2) is 10.8 Å². The van der Waals surface area contributed by atoms with Crippen LogP contribution in [0, 0.1) is 11.8 Å². The minimum atomic E-state index is -0.120. The van der Waals surface area contributed by atoms with Crippen molar-refractivity contribution >= 4 is 39.0 Å². The van der Waals surface area contributed by atoms with Gasteiger partial charge in [-0.15, -0.1) is 11.3 Å². The number of Topliss-reactive ketones (excluding diaryl/α,β-unsaturated/α-hetero) is 1. The SMILES string of the molecule is CCOC(=O)C1CCC(C(=O)c2ncc(Br)s2)CC1. The van der Waals surface area contributed by atoms with Crippen molar-refractivity contribution in [3.05, 3.63) is 15.0 Å². The van der Waals surface area contributed by atoms with Crippen molar-refractivity contribution in [2.24, 2.45) is 11.8 Å². The summed E-state index contributed by atoms with van der Waals surface area (Å²) in [5.74, 6) is -0.0424. The van der Waals surface area contributed by atoms with Crippen molar-refractivity contribution < 1.29 is 14.3 Å². The smallest absolute Gasteiger partial charge is 0.308 e. The van der Waals surface area contributed by atoms with Crippen LogP contribution in [0.15, 0.2) is 9.98 Å². The van der Waals surface area contributed by atoms with Gasteiger partial charge in [-0.1, -0.05) is 0 Å². The Kier molecular flexibility index (Phi) is 5.10. The summed E-state index contributed by atoms with van der Waals surface area (Å²) in [6, 6.07) is 0. The Morgan fingerprint density at radius 1 is 1.37 bits per heavy atom. The van der Waals surface area contributed by atoms with E-state index in [1.54, 1.807) is 6.20 Å². The van der Waals surface area contributed by atoms with Crippen LogP contribution in [0.25, 0.3) is 0 Å². The Bertz CT molecular complexity index is 466. The zero-order chi connectivity index (χ0) is 13.8. The van der Waals surface area contributed by atoms with E-state index in [0.717, 1.165) is 29.5 Å². The molecule has 0 radical (unpaired) electrons. The van der Waals surface area contributed by atoms with Crippen molar-refractivity contribution in [3.63, 3.8) is 0 Å². The van der Waals surface area contributed by atoms with E-state index in [2.05, 4.69) is 20.9 Å². The number of esters is 1. The van der Waals surface area contributed by atoms with Crippen LogP contribution < -0.4 is 0 Å². The number of halogens is 1. The maximum Gasteiger partial charge on any atom is 0.308 e. The van der Waals surface area contributed by atoms with E-state index >= 15 is 0 Å². The molecule has 0 amide bonds. The Morgan fingerprint density at radius 2 is 2.00 bits per heavy atom. The molecule has 0 aromatic carbocycles. The summed E-state index contributed by atoms with van der Waals surface area (Å²) < 4.78 is 5.90. The van der Waals surface area contributed by atoms with Crippen molar-refractivity contribution in [1.29, 1.82) is 0 Å². The third-order valence-corrected chi connectivity index (χ3v) is 4.90. The molecule has 0 N–H and O–H groups in total. The zero-order valence-electron chi connectivity index (χ0n) is 10.7. The standard InChI is InChI=1S/C13H16BrNO3S/c1-2-18-13(17)9-5-3-8(4-6-9)11(16)12-15-7-10(14)19-12/h7-9H,2-6H2,1H3. The maximum absolute atomic E-state index is 12.2. The van der Waals surface area contributed by atoms with Crippen molar-refractivity contribution in [2.75, 3.05) is 6.61 Å². The van der Waals surface area contributed by atoms with E-state index in [4.69, 9.17) is 4.74 Å². The second-order valence-electron chi connectivity index (χ2n) is 4.63. The fraction of sp³-hybridized carbons (Fsp3) is 0.615. The largest absolute Gasteiger partial charge is 0.466 e. The zero-order valence-corrected chi connectivity index (χ0v) is 13.1. The molecule has 0 aliphatic heterocycles. The summed E-state index contributed by atoms with van der Waals surface area (Å²) in [7, 11) is 0. The average molecular weight is 346 g/mol. The number of carbonyl (C=O) groups is 2. The number of aromatic nitrogens is 1. The van der Waals surface area contributed by atoms with Gasteiger partial charge in [0.05, 0.1) is 22.5 Å². The molecule has 1 aromatic rings. The molecule has 1 aliphatic rings. The molecule has 0 saturated heterocycles. The summed E-state index contributed by atoms with van der Waals surface area (Å²) >= 11 is 4.68. The molecule has 1 heterocycles. The minimum absolute atomic E-state index is 0.00345. The Labute approximate surface area is 124 Å². The molecule has 6 heteroatoms. The van der Waals surface area contributed by atoms with Crippen LogP contribution in [-0.2, 0) is 9.53 Å². The first kappa shape index (κ1) is 14.7. The average Bonchev–Trinajstić information content (AvgIpc) is 2.85. The molecule has 0 spiro atoms. The summed E-state index contributed by atoms with van der Waals surface area (Å²) in [6.07, 6.45) is 4.63. The van der Waals surface area contributed by atoms with Gasteiger partial charge in [-0.2, -0.15) is 0 Å². The molecule has 1 saturated carbocycles. The van der Waals surface area contributed by atoms with Crippen LogP contribution in [-0.4, -0.2) is 23.3 Å². The van der Waals surface area contributed by atoms with Crippen LogP contribution >= 0.6 is 27.3 Å². The normalized spacial score (nSPS) is 23.1. The Morgan fingerprint density at radius 3 is 2.53 bits per heavy atom. The van der Waals surface area contributed by atoms with Gasteiger partial charge >= 0.3 is 5.97 Å². The molecule has 2 rings (SSSR count). The van der Waals surface area contributed by atoms with Crippen LogP contribution in [0.5, 0.6) is 0 Å². The molecular formula is C13H16BrNO3S. The highest BCUT2D eigenvalue weighted by molar-refractivity contribution is 9.11. The predicted molar refractivity (Wildman–Crippen MR) is 76.2 cm³/mol. The van der Waals surface area contributed by atoms with E-state index in [9.17, 15) is 9.59 Å². The summed E-state index contributed by atoms with van der Waals surface area (Å²) in [5, 5.41) is 0.562. The highest BCUT2D eigenvalue weighted by Crippen LogP contribution is 2.33. The van der Waals surface area contributed by atoms with Gasteiger partial charge in [0.2, 0.25) is 0 Å². The first-order valence-corrected chi connectivity index (χ1v) is 8.05. The fourth-order valence-electron chi connectivity index (χ4n) is 2.39. The molecule has 1 fully saturated rings. The van der Waals surface area contributed by atoms with Crippen LogP contribution in [0.3, 0.4) is 0 Å². The van der Waals surface area contributed by atoms with Crippen molar-refractivity contribution in [1.82, 2.24) is 4.98 Å². The third-order valence-electron chi connectivity index (χ3n) is 3.41. The number of carbonyl (C=O) groups excluding carboxylic acids is 2. The number of hydrogen-bond donors (Lipinski definition) is 0. The van der Waals surface area contributed by atoms with Crippen LogP contribution in [0.4, 0.5) is 0 Å². The fourth-order valence-corrected chi connectivity index (χ4v) is 3.62. The molecule has 0 bridgehead atoms. The molecule has 0 atom stereocenters. The molecular weight excluding hydrogens is 330 g/mol. The van der Waals surface area contributed by atoms with E-state index in [0.29, 0.717) is 11.6 Å². The van der Waals surface area contributed by atoms with E-state index in [1.165, 1.54) is 11.3 Å². The lowest BCUT2D eigenvalue weighted by Gasteiger charge is -2.25. The third kappa shape index (κ3) is 3.63.